The summed E-state index contributed by atoms with van der Waals surface area (Å²) in [5, 5.41) is 5.25. The molecule has 10 heteroatoms. The van der Waals surface area contributed by atoms with Crippen LogP contribution in [0.5, 0.6) is 11.5 Å². The van der Waals surface area contributed by atoms with Gasteiger partial charge in [-0.1, -0.05) is 23.9 Å². The number of benzene rings is 2. The van der Waals surface area contributed by atoms with Crippen LogP contribution in [0, 0.1) is 0 Å². The van der Waals surface area contributed by atoms with E-state index in [4.69, 9.17) is 14.5 Å². The number of para-hydroxylation sites is 1. The SMILES string of the molecule is CCOc1ccc(-n2c(SCC(=O)NN=Cc3ccccc3OCC)nc3sc4c(c3c2=O)CCC4)cc1. The number of thioether (sulfide) groups is 1. The molecule has 2 heterocycles. The molecule has 1 N–H and O–H groups in total. The molecule has 1 aliphatic carbocycles. The molecule has 0 spiro atoms. The number of hydrogen-bond acceptors (Lipinski definition) is 8. The number of aryl methyl sites for hydroxylation is 2. The Balaban J connectivity index is 1.39. The average molecular weight is 549 g/mol. The first-order valence-electron chi connectivity index (χ1n) is 12.6. The third-order valence-corrected chi connectivity index (χ3v) is 8.18. The van der Waals surface area contributed by atoms with Crippen molar-refractivity contribution in [1.29, 1.82) is 0 Å². The largest absolute Gasteiger partial charge is 0.494 e. The topological polar surface area (TPSA) is 94.8 Å². The second-order valence-corrected chi connectivity index (χ2v) is 10.6. The van der Waals surface area contributed by atoms with Gasteiger partial charge in [0.25, 0.3) is 11.5 Å². The van der Waals surface area contributed by atoms with Crippen molar-refractivity contribution < 1.29 is 14.3 Å². The normalized spacial score (nSPS) is 12.7. The highest BCUT2D eigenvalue weighted by Crippen LogP contribution is 2.36. The van der Waals surface area contributed by atoms with E-state index in [0.29, 0.717) is 35.2 Å². The molecule has 196 valence electrons. The van der Waals surface area contributed by atoms with Crippen molar-refractivity contribution in [2.24, 2.45) is 5.10 Å². The highest BCUT2D eigenvalue weighted by atomic mass is 32.2. The van der Waals surface area contributed by atoms with Crippen LogP contribution in [0.3, 0.4) is 0 Å². The van der Waals surface area contributed by atoms with Crippen LogP contribution in [-0.4, -0.2) is 40.6 Å². The molecule has 8 nitrogen and oxygen atoms in total. The van der Waals surface area contributed by atoms with Gasteiger partial charge in [0.1, 0.15) is 16.3 Å². The van der Waals surface area contributed by atoms with Crippen LogP contribution in [0.1, 0.15) is 36.3 Å². The Hall–Kier alpha value is -3.63. The average Bonchev–Trinajstić information content (AvgIpc) is 3.51. The molecular weight excluding hydrogens is 520 g/mol. The molecule has 0 atom stereocenters. The van der Waals surface area contributed by atoms with Crippen molar-refractivity contribution in [3.8, 4) is 17.2 Å². The molecule has 0 saturated carbocycles. The molecule has 0 saturated heterocycles. The summed E-state index contributed by atoms with van der Waals surface area (Å²) < 4.78 is 12.8. The summed E-state index contributed by atoms with van der Waals surface area (Å²) in [5.41, 5.74) is 5.03. The first-order valence-corrected chi connectivity index (χ1v) is 14.4. The number of carbonyl (C=O) groups is 1. The maximum atomic E-state index is 13.8. The summed E-state index contributed by atoms with van der Waals surface area (Å²) in [4.78, 5) is 33.2. The van der Waals surface area contributed by atoms with Crippen molar-refractivity contribution >= 4 is 45.4 Å². The smallest absolute Gasteiger partial charge is 0.267 e. The van der Waals surface area contributed by atoms with Gasteiger partial charge in [-0.2, -0.15) is 5.10 Å². The van der Waals surface area contributed by atoms with Crippen LogP contribution in [0.25, 0.3) is 15.9 Å². The fourth-order valence-corrected chi connectivity index (χ4v) is 6.53. The number of hydrogen-bond donors (Lipinski definition) is 1. The number of ether oxygens (including phenoxy) is 2. The fourth-order valence-electron chi connectivity index (χ4n) is 4.42. The van der Waals surface area contributed by atoms with Gasteiger partial charge in [-0.25, -0.2) is 10.4 Å². The molecule has 0 fully saturated rings. The summed E-state index contributed by atoms with van der Waals surface area (Å²) in [7, 11) is 0. The number of amides is 1. The zero-order valence-electron chi connectivity index (χ0n) is 21.2. The van der Waals surface area contributed by atoms with Crippen LogP contribution in [-0.2, 0) is 17.6 Å². The third kappa shape index (κ3) is 5.46. The molecule has 1 amide bonds. The lowest BCUT2D eigenvalue weighted by atomic mass is 10.2. The summed E-state index contributed by atoms with van der Waals surface area (Å²) >= 11 is 2.79. The summed E-state index contributed by atoms with van der Waals surface area (Å²) in [6.45, 7) is 4.93. The third-order valence-electron chi connectivity index (χ3n) is 6.06. The lowest BCUT2D eigenvalue weighted by Crippen LogP contribution is -2.24. The number of fused-ring (bicyclic) bond motifs is 3. The molecule has 2 aromatic heterocycles. The molecular formula is C28H28N4O4S2. The van der Waals surface area contributed by atoms with Crippen LogP contribution in [0.2, 0.25) is 0 Å². The van der Waals surface area contributed by atoms with E-state index in [2.05, 4.69) is 10.5 Å². The number of nitrogens with one attached hydrogen (secondary N) is 1. The standard InChI is InChI=1S/C28H28N4O4S2/c1-3-35-20-14-12-19(13-15-20)32-27(34)25-21-9-7-11-23(21)38-26(25)30-28(32)37-17-24(33)31-29-16-18-8-5-6-10-22(18)36-4-2/h5-6,8,10,12-16H,3-4,7,9,11,17H2,1-2H3,(H,31,33). The van der Waals surface area contributed by atoms with Gasteiger partial charge in [0.15, 0.2) is 5.16 Å². The fraction of sp³-hybridized carbons (Fsp3) is 0.286. The van der Waals surface area contributed by atoms with Crippen molar-refractivity contribution in [1.82, 2.24) is 15.0 Å². The summed E-state index contributed by atoms with van der Waals surface area (Å²) in [6.07, 6.45) is 4.50. The van der Waals surface area contributed by atoms with Crippen LogP contribution in [0.15, 0.2) is 63.6 Å². The molecule has 0 unspecified atom stereocenters. The van der Waals surface area contributed by atoms with Gasteiger partial charge in [0, 0.05) is 10.4 Å². The van der Waals surface area contributed by atoms with Gasteiger partial charge in [0.05, 0.1) is 36.3 Å². The number of thiophene rings is 1. The van der Waals surface area contributed by atoms with Crippen molar-refractivity contribution in [3.63, 3.8) is 0 Å². The number of hydrazone groups is 1. The van der Waals surface area contributed by atoms with E-state index in [1.54, 1.807) is 22.1 Å². The number of nitrogens with zero attached hydrogens (tertiary/aromatic N) is 3. The lowest BCUT2D eigenvalue weighted by Gasteiger charge is -2.13. The van der Waals surface area contributed by atoms with Crippen molar-refractivity contribution in [3.05, 3.63) is 74.9 Å². The first-order chi connectivity index (χ1) is 18.6. The summed E-state index contributed by atoms with van der Waals surface area (Å²) in [5.74, 6) is 1.17. The van der Waals surface area contributed by atoms with Gasteiger partial charge in [-0.3, -0.25) is 14.2 Å². The van der Waals surface area contributed by atoms with E-state index in [1.165, 1.54) is 16.6 Å². The summed E-state index contributed by atoms with van der Waals surface area (Å²) in [6, 6.07) is 14.8. The monoisotopic (exact) mass is 548 g/mol. The molecule has 2 aromatic carbocycles. The van der Waals surface area contributed by atoms with E-state index in [1.807, 2.05) is 62.4 Å². The minimum Gasteiger partial charge on any atom is -0.494 e. The maximum Gasteiger partial charge on any atom is 0.267 e. The molecule has 38 heavy (non-hydrogen) atoms. The quantitative estimate of drug-likeness (QED) is 0.130. The van der Waals surface area contributed by atoms with Gasteiger partial charge in [-0.05, 0) is 75.1 Å². The second kappa shape index (κ2) is 11.8. The van der Waals surface area contributed by atoms with Crippen LogP contribution in [0.4, 0.5) is 0 Å². The minimum absolute atomic E-state index is 0.0461. The van der Waals surface area contributed by atoms with Gasteiger partial charge >= 0.3 is 0 Å². The van der Waals surface area contributed by atoms with Gasteiger partial charge < -0.3 is 9.47 Å². The zero-order chi connectivity index (χ0) is 26.5. The Kier molecular flexibility index (Phi) is 8.09. The van der Waals surface area contributed by atoms with E-state index < -0.39 is 0 Å². The lowest BCUT2D eigenvalue weighted by molar-refractivity contribution is -0.118. The van der Waals surface area contributed by atoms with Crippen LogP contribution >= 0.6 is 23.1 Å². The Morgan fingerprint density at radius 3 is 2.71 bits per heavy atom. The molecule has 5 rings (SSSR count). The number of rotatable bonds is 10. The molecule has 4 aromatic rings. The molecule has 1 aliphatic rings. The number of aromatic nitrogens is 2. The molecule has 0 aliphatic heterocycles. The minimum atomic E-state index is -0.304. The first kappa shape index (κ1) is 26.0. The highest BCUT2D eigenvalue weighted by Gasteiger charge is 2.24. The van der Waals surface area contributed by atoms with E-state index in [9.17, 15) is 9.59 Å². The van der Waals surface area contributed by atoms with E-state index >= 15 is 0 Å². The predicted octanol–water partition coefficient (Wildman–Crippen LogP) is 4.98. The van der Waals surface area contributed by atoms with Crippen molar-refractivity contribution in [2.45, 2.75) is 38.3 Å². The zero-order valence-corrected chi connectivity index (χ0v) is 22.9. The van der Waals surface area contributed by atoms with Gasteiger partial charge in [0.2, 0.25) is 0 Å². The Morgan fingerprint density at radius 2 is 1.92 bits per heavy atom. The second-order valence-electron chi connectivity index (χ2n) is 8.55. The van der Waals surface area contributed by atoms with Crippen LogP contribution < -0.4 is 20.5 Å². The molecule has 0 bridgehead atoms. The van der Waals surface area contributed by atoms with E-state index in [0.717, 1.165) is 41.0 Å². The highest BCUT2D eigenvalue weighted by molar-refractivity contribution is 7.99. The van der Waals surface area contributed by atoms with Gasteiger partial charge in [-0.15, -0.1) is 11.3 Å². The van der Waals surface area contributed by atoms with Crippen molar-refractivity contribution in [2.75, 3.05) is 19.0 Å². The number of carbonyl (C=O) groups excluding carboxylic acids is 1. The Bertz CT molecular complexity index is 1540. The molecule has 0 radical (unpaired) electrons. The predicted molar refractivity (Wildman–Crippen MR) is 152 cm³/mol. The Morgan fingerprint density at radius 1 is 1.13 bits per heavy atom. The maximum absolute atomic E-state index is 13.8. The van der Waals surface area contributed by atoms with E-state index in [-0.39, 0.29) is 17.2 Å². The Labute approximate surface area is 228 Å².